The summed E-state index contributed by atoms with van der Waals surface area (Å²) in [6.07, 6.45) is 1.37. The van der Waals surface area contributed by atoms with E-state index >= 15 is 9.59 Å². The zero-order valence-electron chi connectivity index (χ0n) is 49.2. The van der Waals surface area contributed by atoms with Gasteiger partial charge in [-0.2, -0.15) is 11.5 Å². The van der Waals surface area contributed by atoms with Gasteiger partial charge in [-0.3, -0.25) is 43.2 Å². The minimum absolute atomic E-state index is 0. The third-order valence-corrected chi connectivity index (χ3v) is 15.2. The number of hydrogen-bond acceptors (Lipinski definition) is 16. The Kier molecular flexibility index (Phi) is 30.7. The average Bonchev–Trinajstić information content (AvgIpc) is 2.40. The quantitative estimate of drug-likeness (QED) is 0.0145. The van der Waals surface area contributed by atoms with E-state index in [1.165, 1.54) is 6.92 Å². The molecule has 6 rings (SSSR count). The standard InChI is InChI=1S/C61H77N13O12S2.O.Re/c1-35(75)53(59(83)72-49(27-37-16-6-3-7-17-37)60(84)74(32-51(64)76)50(34-88)61(85)86)73-55(79)45(22-12-13-24-62)69-57(81)47(28-38-30-66-43-20-10-8-18-40(38)43)71-58(82)48(29-39-31-67-44-21-11-9-19-41(39)44)70-56(80)46(26-36-14-4-2-5-15-36)68-52(77)23-25-65-54(78)42(63)33-87;;/h2-11,14-21,30-31,35,42,45-50,53,66-67,75,87-88H,12-13,22-29,32-34,62-63H2,1H3,(H2,64,76)(H,65,78)(H,68,77)(H,69,81)(H,70,80)(H,71,82)(H,72,83)(H,73,79)(H,85,86);;/q;-2;/p-3/t35-,42+,45+,46+,47-,48+,49+,50-,53+;;/m1../s1. The van der Waals surface area contributed by atoms with E-state index in [9.17, 15) is 48.6 Å². The molecule has 0 spiro atoms. The number of H-pyrrole nitrogens is 2. The number of nitrogens with two attached hydrogens (primary N) is 3. The Hall–Kier alpha value is -8.14. The molecule has 9 atom stereocenters. The number of hydrogen-bond donors (Lipinski definition) is 13. The van der Waals surface area contributed by atoms with E-state index in [0.29, 0.717) is 44.5 Å². The van der Waals surface area contributed by atoms with Gasteiger partial charge in [0.05, 0.1) is 30.7 Å². The number of rotatable bonds is 35. The summed E-state index contributed by atoms with van der Waals surface area (Å²) < 4.78 is 0. The smallest absolute Gasteiger partial charge is 0.246 e. The maximum atomic E-state index is 15.2. The largest absolute Gasteiger partial charge is 2.00 e. The molecule has 0 bridgehead atoms. The summed E-state index contributed by atoms with van der Waals surface area (Å²) in [6.45, 7) is 0.346. The average molecular weight is 1450 g/mol. The van der Waals surface area contributed by atoms with Crippen molar-refractivity contribution >= 4 is 106 Å². The van der Waals surface area contributed by atoms with Gasteiger partial charge in [0, 0.05) is 93.3 Å². The summed E-state index contributed by atoms with van der Waals surface area (Å²) >= 11 is 9.87. The third-order valence-electron chi connectivity index (χ3n) is 14.5. The van der Waals surface area contributed by atoms with E-state index in [0.717, 1.165) is 10.9 Å². The van der Waals surface area contributed by atoms with Gasteiger partial charge in [-0.25, -0.2) is 0 Å². The Labute approximate surface area is 544 Å². The molecule has 0 aliphatic carbocycles. The number of aliphatic carboxylic acids is 1. The molecule has 6 aromatic rings. The SMILES string of the molecule is C[C@@H](O)[C@H](NC(=O)[C@H](CCCCN)NC(=O)[C@@H](Cc1c[nH]c2ccccc12)NC(=O)[C@H](Cc1c[nH]c2ccccc12)NC(=O)[C@H](Cc1ccccc1)NC(=O)CCNC(=O)[C@@H](N)C[S-])C(=O)N[C@@H](Cc1ccccc1)C(=O)N(CC(N)=O)[C@H](C[S-])C(=O)[O-].[O-2].[Re]. The van der Waals surface area contributed by atoms with Crippen LogP contribution in [0.15, 0.2) is 122 Å². The molecule has 485 valence electrons. The van der Waals surface area contributed by atoms with Gasteiger partial charge in [0.1, 0.15) is 36.3 Å². The number of aliphatic hydroxyl groups excluding tert-OH is 1. The number of amides is 9. The molecule has 0 fully saturated rings. The van der Waals surface area contributed by atoms with E-state index in [2.05, 4.69) is 47.2 Å². The summed E-state index contributed by atoms with van der Waals surface area (Å²) in [6, 6.07) is 19.6. The number of carbonyl (C=O) groups excluding carboxylic acids is 10. The van der Waals surface area contributed by atoms with E-state index in [1.54, 1.807) is 97.3 Å². The van der Waals surface area contributed by atoms with Crippen LogP contribution >= 0.6 is 0 Å². The second-order valence-corrected chi connectivity index (χ2v) is 21.8. The fourth-order valence-corrected chi connectivity index (χ4v) is 10.3. The van der Waals surface area contributed by atoms with Crippen molar-refractivity contribution in [2.24, 2.45) is 17.2 Å². The maximum absolute atomic E-state index is 15.2. The molecule has 0 aliphatic heterocycles. The molecule has 9 amide bonds. The Morgan fingerprint density at radius 3 is 1.51 bits per heavy atom. The summed E-state index contributed by atoms with van der Waals surface area (Å²) in [7, 11) is 0. The van der Waals surface area contributed by atoms with Crippen LogP contribution in [-0.4, -0.2) is 165 Å². The van der Waals surface area contributed by atoms with Crippen molar-refractivity contribution in [1.82, 2.24) is 52.1 Å². The van der Waals surface area contributed by atoms with Crippen molar-refractivity contribution in [3.63, 3.8) is 0 Å². The second-order valence-electron chi connectivity index (χ2n) is 21.1. The minimum Gasteiger partial charge on any atom is -2.00 e. The van der Waals surface area contributed by atoms with Gasteiger partial charge in [0.2, 0.25) is 53.2 Å². The number of primary amides is 1. The van der Waals surface area contributed by atoms with Crippen molar-refractivity contribution in [1.29, 1.82) is 0 Å². The Bertz CT molecular complexity index is 3380. The van der Waals surface area contributed by atoms with Crippen LogP contribution < -0.4 is 59.5 Å². The first-order valence-corrected chi connectivity index (χ1v) is 29.7. The van der Waals surface area contributed by atoms with E-state index in [1.807, 2.05) is 24.3 Å². The normalized spacial score (nSPS) is 14.0. The molecular formula is C61H74N13O13ReS2-5. The molecule has 2 aromatic heterocycles. The number of unbranched alkanes of at least 4 members (excludes halogenated alkanes) is 1. The van der Waals surface area contributed by atoms with Gasteiger partial charge in [-0.15, -0.1) is 0 Å². The van der Waals surface area contributed by atoms with Gasteiger partial charge >= 0.3 is 0 Å². The van der Waals surface area contributed by atoms with Crippen molar-refractivity contribution in [3.8, 4) is 0 Å². The van der Waals surface area contributed by atoms with Gasteiger partial charge < -0.3 is 115 Å². The van der Waals surface area contributed by atoms with Crippen LogP contribution in [0.2, 0.25) is 0 Å². The first-order chi connectivity index (χ1) is 42.2. The number of carbonyl (C=O) groups is 10. The van der Waals surface area contributed by atoms with Gasteiger partial charge in [0.25, 0.3) is 0 Å². The van der Waals surface area contributed by atoms with Gasteiger partial charge in [-0.1, -0.05) is 97.1 Å². The van der Waals surface area contributed by atoms with Crippen molar-refractivity contribution in [2.45, 2.75) is 113 Å². The summed E-state index contributed by atoms with van der Waals surface area (Å²) in [4.78, 5) is 145. The third kappa shape index (κ3) is 21.8. The predicted molar refractivity (Wildman–Crippen MR) is 331 cm³/mol. The number of aliphatic hydroxyl groups is 1. The zero-order chi connectivity index (χ0) is 63.9. The number of benzene rings is 4. The minimum atomic E-state index is -1.83. The monoisotopic (exact) mass is 1450 g/mol. The Balaban J connectivity index is 0.00000865. The zero-order valence-corrected chi connectivity index (χ0v) is 53.5. The number of aromatic amines is 2. The summed E-state index contributed by atoms with van der Waals surface area (Å²) in [5, 5.41) is 43.5. The number of aromatic nitrogens is 2. The molecule has 16 N–H and O–H groups in total. The van der Waals surface area contributed by atoms with Gasteiger partial charge in [0.15, 0.2) is 0 Å². The number of para-hydroxylation sites is 2. The van der Waals surface area contributed by atoms with Crippen LogP contribution in [0.25, 0.3) is 21.8 Å². The van der Waals surface area contributed by atoms with E-state index < -0.39 is 126 Å². The fraction of sp³-hybridized carbons (Fsp3) is 0.377. The van der Waals surface area contributed by atoms with Crippen LogP contribution in [0.3, 0.4) is 0 Å². The van der Waals surface area contributed by atoms with Crippen molar-refractivity contribution in [2.75, 3.05) is 31.1 Å². The van der Waals surface area contributed by atoms with Crippen LogP contribution in [0, 0.1) is 0 Å². The molecule has 29 heteroatoms. The van der Waals surface area contributed by atoms with Crippen molar-refractivity contribution in [3.05, 3.63) is 144 Å². The molecule has 0 aliphatic rings. The molecule has 2 heterocycles. The van der Waals surface area contributed by atoms with Crippen molar-refractivity contribution < 1.29 is 84.1 Å². The molecular weight excluding hydrogens is 1370 g/mol. The first kappa shape index (κ1) is 74.3. The van der Waals surface area contributed by atoms with Crippen LogP contribution in [0.5, 0.6) is 0 Å². The fourth-order valence-electron chi connectivity index (χ4n) is 9.83. The first-order valence-electron chi connectivity index (χ1n) is 28.6. The Morgan fingerprint density at radius 2 is 1.04 bits per heavy atom. The summed E-state index contributed by atoms with van der Waals surface area (Å²) in [5.41, 5.74) is 20.8. The summed E-state index contributed by atoms with van der Waals surface area (Å²) in [5.74, 6) is -10.4. The molecule has 1 radical (unpaired) electrons. The van der Waals surface area contributed by atoms with E-state index in [4.69, 9.17) is 42.5 Å². The second kappa shape index (κ2) is 37.1. The van der Waals surface area contributed by atoms with Crippen LogP contribution in [-0.2, 0) is 125 Å². The topological polar surface area (TPSA) is 440 Å². The number of carboxylic acid groups (broad SMARTS) is 1. The van der Waals surface area contributed by atoms with E-state index in [-0.39, 0.29) is 89.7 Å². The molecule has 4 aromatic carbocycles. The molecule has 0 saturated heterocycles. The predicted octanol–water partition coefficient (Wildman–Crippen LogP) is -2.42. The number of fused-ring (bicyclic) bond motifs is 2. The van der Waals surface area contributed by atoms with Gasteiger partial charge in [-0.05, 0) is 67.1 Å². The van der Waals surface area contributed by atoms with Crippen LogP contribution in [0.1, 0.15) is 54.9 Å². The van der Waals surface area contributed by atoms with Crippen LogP contribution in [0.4, 0.5) is 0 Å². The molecule has 90 heavy (non-hydrogen) atoms. The number of carboxylic acids is 1. The Morgan fingerprint density at radius 1 is 0.589 bits per heavy atom. The molecule has 0 unspecified atom stereocenters. The maximum Gasteiger partial charge on any atom is 0.246 e. The number of nitrogens with one attached hydrogen (secondary N) is 9. The molecule has 0 saturated carbocycles. The number of nitrogens with zero attached hydrogens (tertiary/aromatic N) is 1. The molecule has 26 nitrogen and oxygen atoms in total.